The van der Waals surface area contributed by atoms with E-state index in [1.807, 2.05) is 6.92 Å². The van der Waals surface area contributed by atoms with E-state index in [0.717, 1.165) is 32.7 Å². The first-order chi connectivity index (χ1) is 8.30. The molecule has 1 fully saturated rings. The molecule has 0 bridgehead atoms. The highest BCUT2D eigenvalue weighted by molar-refractivity contribution is 4.74. The van der Waals surface area contributed by atoms with Gasteiger partial charge in [0.1, 0.15) is 0 Å². The summed E-state index contributed by atoms with van der Waals surface area (Å²) < 4.78 is 10.8. The quantitative estimate of drug-likeness (QED) is 0.694. The van der Waals surface area contributed by atoms with Gasteiger partial charge >= 0.3 is 0 Å². The van der Waals surface area contributed by atoms with E-state index in [1.54, 1.807) is 7.11 Å². The molecule has 2 unspecified atom stereocenters. The van der Waals surface area contributed by atoms with Crippen LogP contribution in [0.4, 0.5) is 0 Å². The summed E-state index contributed by atoms with van der Waals surface area (Å²) in [6, 6.07) is 0. The summed E-state index contributed by atoms with van der Waals surface area (Å²) in [5.41, 5.74) is 5.69. The van der Waals surface area contributed by atoms with Crippen LogP contribution < -0.4 is 5.73 Å². The van der Waals surface area contributed by atoms with E-state index in [9.17, 15) is 0 Å². The maximum atomic E-state index is 5.69. The van der Waals surface area contributed by atoms with Crippen molar-refractivity contribution in [3.63, 3.8) is 0 Å². The lowest BCUT2D eigenvalue weighted by atomic mass is 9.98. The minimum atomic E-state index is 0.225. The standard InChI is InChI=1S/C13H28N2O2/c1-3-17-13(9-14)6-8-15-7-4-5-12(10-15)11-16-2/h12-13H,3-11,14H2,1-2H3. The number of nitrogens with two attached hydrogens (primary N) is 1. The van der Waals surface area contributed by atoms with Crippen LogP contribution in [0.2, 0.25) is 0 Å². The Morgan fingerprint density at radius 1 is 1.47 bits per heavy atom. The van der Waals surface area contributed by atoms with Crippen molar-refractivity contribution in [2.24, 2.45) is 11.7 Å². The maximum Gasteiger partial charge on any atom is 0.0709 e. The zero-order chi connectivity index (χ0) is 12.5. The number of hydrogen-bond donors (Lipinski definition) is 1. The largest absolute Gasteiger partial charge is 0.384 e. The molecule has 1 saturated heterocycles. The zero-order valence-corrected chi connectivity index (χ0v) is 11.4. The van der Waals surface area contributed by atoms with Gasteiger partial charge in [0.25, 0.3) is 0 Å². The molecule has 1 heterocycles. The Morgan fingerprint density at radius 3 is 2.94 bits per heavy atom. The maximum absolute atomic E-state index is 5.69. The molecular weight excluding hydrogens is 216 g/mol. The van der Waals surface area contributed by atoms with E-state index in [-0.39, 0.29) is 6.10 Å². The summed E-state index contributed by atoms with van der Waals surface area (Å²) in [5, 5.41) is 0. The SMILES string of the molecule is CCOC(CN)CCN1CCCC(COC)C1. The Labute approximate surface area is 105 Å². The Balaban J connectivity index is 2.21. The van der Waals surface area contributed by atoms with Gasteiger partial charge in [-0.15, -0.1) is 0 Å². The molecular formula is C13H28N2O2. The van der Waals surface area contributed by atoms with Crippen LogP contribution in [-0.2, 0) is 9.47 Å². The number of likely N-dealkylation sites (tertiary alicyclic amines) is 1. The summed E-state index contributed by atoms with van der Waals surface area (Å²) >= 11 is 0. The fraction of sp³-hybridized carbons (Fsp3) is 1.00. The molecule has 4 nitrogen and oxygen atoms in total. The molecule has 4 heteroatoms. The Kier molecular flexibility index (Phi) is 7.77. The van der Waals surface area contributed by atoms with Gasteiger partial charge in [0.2, 0.25) is 0 Å². The Bertz CT molecular complexity index is 188. The van der Waals surface area contributed by atoms with Gasteiger partial charge in [0.15, 0.2) is 0 Å². The van der Waals surface area contributed by atoms with Gasteiger partial charge in [-0.1, -0.05) is 0 Å². The number of piperidine rings is 1. The summed E-state index contributed by atoms with van der Waals surface area (Å²) in [6.45, 7) is 7.78. The van der Waals surface area contributed by atoms with Crippen LogP contribution in [0.3, 0.4) is 0 Å². The molecule has 1 rings (SSSR count). The van der Waals surface area contributed by atoms with Gasteiger partial charge in [-0.2, -0.15) is 0 Å². The molecule has 17 heavy (non-hydrogen) atoms. The highest BCUT2D eigenvalue weighted by Gasteiger charge is 2.20. The Morgan fingerprint density at radius 2 is 2.29 bits per heavy atom. The summed E-state index contributed by atoms with van der Waals surface area (Å²) in [4.78, 5) is 2.52. The second-order valence-corrected chi connectivity index (χ2v) is 4.87. The van der Waals surface area contributed by atoms with Crippen molar-refractivity contribution in [3.05, 3.63) is 0 Å². The van der Waals surface area contributed by atoms with Crippen LogP contribution in [-0.4, -0.2) is 57.5 Å². The lowest BCUT2D eigenvalue weighted by molar-refractivity contribution is 0.0431. The first-order valence-corrected chi connectivity index (χ1v) is 6.83. The predicted octanol–water partition coefficient (Wildman–Crippen LogP) is 1.10. The van der Waals surface area contributed by atoms with Crippen molar-refractivity contribution < 1.29 is 9.47 Å². The molecule has 0 aromatic heterocycles. The third-order valence-electron chi connectivity index (χ3n) is 3.44. The fourth-order valence-corrected chi connectivity index (χ4v) is 2.56. The van der Waals surface area contributed by atoms with E-state index < -0.39 is 0 Å². The number of rotatable bonds is 8. The number of ether oxygens (including phenoxy) is 2. The number of methoxy groups -OCH3 is 1. The number of hydrogen-bond acceptors (Lipinski definition) is 4. The molecule has 0 aliphatic carbocycles. The van der Waals surface area contributed by atoms with Crippen LogP contribution in [0.25, 0.3) is 0 Å². The summed E-state index contributed by atoms with van der Waals surface area (Å²) in [5.74, 6) is 0.706. The van der Waals surface area contributed by atoms with E-state index in [0.29, 0.717) is 12.5 Å². The lowest BCUT2D eigenvalue weighted by Crippen LogP contribution is -2.39. The van der Waals surface area contributed by atoms with Crippen molar-refractivity contribution in [2.45, 2.75) is 32.3 Å². The predicted molar refractivity (Wildman–Crippen MR) is 70.1 cm³/mol. The molecule has 0 radical (unpaired) electrons. The van der Waals surface area contributed by atoms with Crippen LogP contribution in [0.1, 0.15) is 26.2 Å². The van der Waals surface area contributed by atoms with Crippen molar-refractivity contribution in [2.75, 3.05) is 46.5 Å². The van der Waals surface area contributed by atoms with Gasteiger partial charge in [-0.05, 0) is 38.6 Å². The second kappa shape index (κ2) is 8.86. The lowest BCUT2D eigenvalue weighted by Gasteiger charge is -2.33. The van der Waals surface area contributed by atoms with E-state index in [1.165, 1.54) is 19.4 Å². The molecule has 102 valence electrons. The Hall–Kier alpha value is -0.160. The first kappa shape index (κ1) is 14.9. The van der Waals surface area contributed by atoms with Crippen LogP contribution in [0.15, 0.2) is 0 Å². The fourth-order valence-electron chi connectivity index (χ4n) is 2.56. The van der Waals surface area contributed by atoms with Crippen molar-refractivity contribution in [1.29, 1.82) is 0 Å². The molecule has 2 N–H and O–H groups in total. The summed E-state index contributed by atoms with van der Waals surface area (Å²) in [6.07, 6.45) is 3.86. The normalized spacial score (nSPS) is 23.8. The highest BCUT2D eigenvalue weighted by Crippen LogP contribution is 2.17. The van der Waals surface area contributed by atoms with Crippen LogP contribution in [0.5, 0.6) is 0 Å². The number of nitrogens with zero attached hydrogens (tertiary/aromatic N) is 1. The molecule has 1 aliphatic rings. The topological polar surface area (TPSA) is 47.7 Å². The van der Waals surface area contributed by atoms with Crippen LogP contribution in [0, 0.1) is 5.92 Å². The summed E-state index contributed by atoms with van der Waals surface area (Å²) in [7, 11) is 1.79. The minimum Gasteiger partial charge on any atom is -0.384 e. The molecule has 2 atom stereocenters. The monoisotopic (exact) mass is 244 g/mol. The average molecular weight is 244 g/mol. The highest BCUT2D eigenvalue weighted by atomic mass is 16.5. The third-order valence-corrected chi connectivity index (χ3v) is 3.44. The minimum absolute atomic E-state index is 0.225. The molecule has 0 spiro atoms. The average Bonchev–Trinajstić information content (AvgIpc) is 2.35. The van der Waals surface area contributed by atoms with E-state index in [4.69, 9.17) is 15.2 Å². The smallest absolute Gasteiger partial charge is 0.0709 e. The zero-order valence-electron chi connectivity index (χ0n) is 11.4. The van der Waals surface area contributed by atoms with Gasteiger partial charge in [0.05, 0.1) is 12.7 Å². The van der Waals surface area contributed by atoms with Crippen molar-refractivity contribution in [1.82, 2.24) is 4.90 Å². The molecule has 1 aliphatic heterocycles. The van der Waals surface area contributed by atoms with E-state index in [2.05, 4.69) is 4.90 Å². The molecule has 0 aromatic carbocycles. The molecule has 0 aromatic rings. The van der Waals surface area contributed by atoms with Gasteiger partial charge in [0, 0.05) is 33.4 Å². The van der Waals surface area contributed by atoms with Crippen molar-refractivity contribution >= 4 is 0 Å². The van der Waals surface area contributed by atoms with Crippen LogP contribution >= 0.6 is 0 Å². The van der Waals surface area contributed by atoms with Gasteiger partial charge in [-0.25, -0.2) is 0 Å². The third kappa shape index (κ3) is 5.82. The van der Waals surface area contributed by atoms with E-state index >= 15 is 0 Å². The van der Waals surface area contributed by atoms with Gasteiger partial charge < -0.3 is 20.1 Å². The molecule has 0 amide bonds. The molecule has 0 saturated carbocycles. The van der Waals surface area contributed by atoms with Gasteiger partial charge in [-0.3, -0.25) is 0 Å². The van der Waals surface area contributed by atoms with Crippen molar-refractivity contribution in [3.8, 4) is 0 Å². The first-order valence-electron chi connectivity index (χ1n) is 6.83. The second-order valence-electron chi connectivity index (χ2n) is 4.87.